The second-order valence-corrected chi connectivity index (χ2v) is 3.33. The Morgan fingerprint density at radius 3 is 3.00 bits per heavy atom. The van der Waals surface area contributed by atoms with E-state index in [9.17, 15) is 9.50 Å². The zero-order valence-corrected chi connectivity index (χ0v) is 8.46. The summed E-state index contributed by atoms with van der Waals surface area (Å²) in [5.74, 6) is -0.507. The molecule has 0 bridgehead atoms. The molecule has 0 aromatic carbocycles. The van der Waals surface area contributed by atoms with E-state index in [1.165, 1.54) is 19.4 Å². The molecule has 1 rings (SSSR count). The number of ether oxygens (including phenoxy) is 1. The Morgan fingerprint density at radius 1 is 1.71 bits per heavy atom. The minimum absolute atomic E-state index is 0.122. The molecule has 0 aliphatic heterocycles. The summed E-state index contributed by atoms with van der Waals surface area (Å²) < 4.78 is 17.9. The minimum Gasteiger partial charge on any atom is -0.390 e. The van der Waals surface area contributed by atoms with Crippen molar-refractivity contribution in [3.63, 3.8) is 0 Å². The van der Waals surface area contributed by atoms with Crippen molar-refractivity contribution in [3.8, 4) is 0 Å². The van der Waals surface area contributed by atoms with E-state index >= 15 is 0 Å². The summed E-state index contributed by atoms with van der Waals surface area (Å²) >= 11 is 5.52. The first kappa shape index (κ1) is 11.4. The average Bonchev–Trinajstić information content (AvgIpc) is 2.10. The number of hydrogen-bond acceptors (Lipinski definition) is 3. The van der Waals surface area contributed by atoms with Crippen LogP contribution in [0.3, 0.4) is 0 Å². The highest BCUT2D eigenvalue weighted by atomic mass is 35.5. The summed E-state index contributed by atoms with van der Waals surface area (Å²) in [5, 5.41) is 9.57. The van der Waals surface area contributed by atoms with Gasteiger partial charge in [-0.1, -0.05) is 11.6 Å². The van der Waals surface area contributed by atoms with Gasteiger partial charge in [-0.05, 0) is 6.07 Å². The molecule has 0 spiro atoms. The molecule has 0 saturated heterocycles. The van der Waals surface area contributed by atoms with E-state index in [1.807, 2.05) is 0 Å². The number of nitrogens with zero attached hydrogens (tertiary/aromatic N) is 1. The van der Waals surface area contributed by atoms with Gasteiger partial charge in [0.25, 0.3) is 0 Å². The topological polar surface area (TPSA) is 42.4 Å². The third-order valence-corrected chi connectivity index (χ3v) is 1.88. The smallest absolute Gasteiger partial charge is 0.146 e. The van der Waals surface area contributed by atoms with Gasteiger partial charge in [0.05, 0.1) is 23.4 Å². The van der Waals surface area contributed by atoms with Crippen LogP contribution >= 0.6 is 11.6 Å². The molecule has 0 saturated carbocycles. The van der Waals surface area contributed by atoms with Crippen molar-refractivity contribution in [1.82, 2.24) is 4.98 Å². The number of methoxy groups -OCH3 is 1. The van der Waals surface area contributed by atoms with Gasteiger partial charge in [-0.15, -0.1) is 0 Å². The van der Waals surface area contributed by atoms with Crippen LogP contribution in [0.1, 0.15) is 5.69 Å². The predicted molar refractivity (Wildman–Crippen MR) is 50.8 cm³/mol. The average molecular weight is 220 g/mol. The van der Waals surface area contributed by atoms with Gasteiger partial charge in [-0.25, -0.2) is 4.39 Å². The quantitative estimate of drug-likeness (QED) is 0.833. The summed E-state index contributed by atoms with van der Waals surface area (Å²) in [4.78, 5) is 3.78. The molecule has 3 nitrogen and oxygen atoms in total. The van der Waals surface area contributed by atoms with Gasteiger partial charge in [-0.2, -0.15) is 0 Å². The molecule has 1 aromatic rings. The van der Waals surface area contributed by atoms with Crippen LogP contribution in [0, 0.1) is 5.82 Å². The summed E-state index contributed by atoms with van der Waals surface area (Å²) in [6, 6.07) is 1.17. The highest BCUT2D eigenvalue weighted by molar-refractivity contribution is 6.30. The molecule has 1 heterocycles. The lowest BCUT2D eigenvalue weighted by atomic mass is 10.2. The van der Waals surface area contributed by atoms with Gasteiger partial charge in [0.2, 0.25) is 0 Å². The molecule has 0 fully saturated rings. The molecule has 0 aliphatic rings. The Bertz CT molecular complexity index is 309. The molecular weight excluding hydrogens is 209 g/mol. The minimum atomic E-state index is -0.747. The Morgan fingerprint density at radius 2 is 2.43 bits per heavy atom. The largest absolute Gasteiger partial charge is 0.390 e. The molecule has 1 N–H and O–H groups in total. The van der Waals surface area contributed by atoms with E-state index in [2.05, 4.69) is 4.98 Å². The van der Waals surface area contributed by atoms with Gasteiger partial charge in [0.15, 0.2) is 0 Å². The van der Waals surface area contributed by atoms with Crippen LogP contribution < -0.4 is 0 Å². The molecule has 1 aromatic heterocycles. The second-order valence-electron chi connectivity index (χ2n) is 2.90. The SMILES string of the molecule is COCC(O)Cc1ncc(Cl)cc1F. The van der Waals surface area contributed by atoms with Crippen LogP contribution in [0.2, 0.25) is 5.02 Å². The normalized spacial score (nSPS) is 12.9. The van der Waals surface area contributed by atoms with Crippen LogP contribution in [0.25, 0.3) is 0 Å². The molecule has 0 radical (unpaired) electrons. The zero-order chi connectivity index (χ0) is 10.6. The summed E-state index contributed by atoms with van der Waals surface area (Å²) in [6.07, 6.45) is 0.722. The van der Waals surface area contributed by atoms with Gasteiger partial charge in [-0.3, -0.25) is 4.98 Å². The van der Waals surface area contributed by atoms with Crippen molar-refractivity contribution < 1.29 is 14.2 Å². The lowest BCUT2D eigenvalue weighted by molar-refractivity contribution is 0.0638. The summed E-state index contributed by atoms with van der Waals surface area (Å²) in [5.41, 5.74) is 0.193. The first-order valence-electron chi connectivity index (χ1n) is 4.10. The Balaban J connectivity index is 2.67. The number of aliphatic hydroxyl groups is 1. The van der Waals surface area contributed by atoms with Crippen LogP contribution in [0.4, 0.5) is 4.39 Å². The van der Waals surface area contributed by atoms with Crippen molar-refractivity contribution in [1.29, 1.82) is 0 Å². The molecule has 0 aliphatic carbocycles. The van der Waals surface area contributed by atoms with Crippen LogP contribution in [-0.2, 0) is 11.2 Å². The fraction of sp³-hybridized carbons (Fsp3) is 0.444. The summed E-state index contributed by atoms with van der Waals surface area (Å²) in [6.45, 7) is 0.156. The number of pyridine rings is 1. The monoisotopic (exact) mass is 219 g/mol. The van der Waals surface area contributed by atoms with Crippen molar-refractivity contribution in [3.05, 3.63) is 28.8 Å². The maximum atomic E-state index is 13.2. The van der Waals surface area contributed by atoms with Crippen LogP contribution in [-0.4, -0.2) is 29.9 Å². The van der Waals surface area contributed by atoms with Crippen LogP contribution in [0.5, 0.6) is 0 Å². The second kappa shape index (κ2) is 5.24. The standard InChI is InChI=1S/C9H11ClFNO2/c1-14-5-7(13)3-9-8(11)2-6(10)4-12-9/h2,4,7,13H,3,5H2,1H3. The number of aromatic nitrogens is 1. The third kappa shape index (κ3) is 3.21. The van der Waals surface area contributed by atoms with E-state index in [-0.39, 0.29) is 23.7 Å². The highest BCUT2D eigenvalue weighted by Gasteiger charge is 2.10. The van der Waals surface area contributed by atoms with Crippen molar-refractivity contribution in [2.75, 3.05) is 13.7 Å². The molecular formula is C9H11ClFNO2. The Labute approximate surface area is 86.5 Å². The maximum absolute atomic E-state index is 13.2. The molecule has 5 heteroatoms. The first-order valence-corrected chi connectivity index (χ1v) is 4.48. The Kier molecular flexibility index (Phi) is 4.25. The van der Waals surface area contributed by atoms with Gasteiger partial charge in [0.1, 0.15) is 5.82 Å². The van der Waals surface area contributed by atoms with E-state index in [0.29, 0.717) is 0 Å². The van der Waals surface area contributed by atoms with Crippen molar-refractivity contribution in [2.24, 2.45) is 0 Å². The Hall–Kier alpha value is -0.710. The molecule has 78 valence electrons. The molecule has 1 atom stereocenters. The number of halogens is 2. The highest BCUT2D eigenvalue weighted by Crippen LogP contribution is 2.12. The van der Waals surface area contributed by atoms with E-state index in [0.717, 1.165) is 0 Å². The third-order valence-electron chi connectivity index (χ3n) is 1.67. The fourth-order valence-corrected chi connectivity index (χ4v) is 1.21. The van der Waals surface area contributed by atoms with Gasteiger partial charge < -0.3 is 9.84 Å². The maximum Gasteiger partial charge on any atom is 0.146 e. The van der Waals surface area contributed by atoms with E-state index in [1.54, 1.807) is 0 Å². The van der Waals surface area contributed by atoms with E-state index < -0.39 is 11.9 Å². The van der Waals surface area contributed by atoms with Gasteiger partial charge >= 0.3 is 0 Å². The molecule has 14 heavy (non-hydrogen) atoms. The van der Waals surface area contributed by atoms with Crippen LogP contribution in [0.15, 0.2) is 12.3 Å². The zero-order valence-electron chi connectivity index (χ0n) is 7.70. The van der Waals surface area contributed by atoms with Crippen molar-refractivity contribution >= 4 is 11.6 Å². The lowest BCUT2D eigenvalue weighted by Crippen LogP contribution is -2.18. The van der Waals surface area contributed by atoms with Crippen molar-refractivity contribution in [2.45, 2.75) is 12.5 Å². The van der Waals surface area contributed by atoms with Gasteiger partial charge in [0, 0.05) is 19.7 Å². The summed E-state index contributed by atoms with van der Waals surface area (Å²) in [7, 11) is 1.47. The number of rotatable bonds is 4. The van der Waals surface area contributed by atoms with E-state index in [4.69, 9.17) is 16.3 Å². The first-order chi connectivity index (χ1) is 6.63. The lowest BCUT2D eigenvalue weighted by Gasteiger charge is -2.08. The fourth-order valence-electron chi connectivity index (χ4n) is 1.07. The molecule has 1 unspecified atom stereocenters. The molecule has 0 amide bonds. The number of aliphatic hydroxyl groups excluding tert-OH is 1. The predicted octanol–water partition coefficient (Wildman–Crippen LogP) is 1.42. The number of hydrogen-bond donors (Lipinski definition) is 1.